The minimum Gasteiger partial charge on any atom is -0.497 e. The number of thiocarbonyl (C=S) groups is 1. The number of nitrogens with one attached hydrogen (secondary N) is 1. The van der Waals surface area contributed by atoms with Crippen LogP contribution in [0.1, 0.15) is 30.0 Å². The quantitative estimate of drug-likeness (QED) is 0.829. The monoisotopic (exact) mass is 305 g/mol. The highest BCUT2D eigenvalue weighted by Crippen LogP contribution is 2.41. The number of nitrogens with two attached hydrogens (primary N) is 1. The predicted octanol–water partition coefficient (Wildman–Crippen LogP) is 3.41. The van der Waals surface area contributed by atoms with Crippen molar-refractivity contribution in [2.24, 2.45) is 5.73 Å². The maximum absolute atomic E-state index is 5.76. The lowest BCUT2D eigenvalue weighted by Gasteiger charge is -2.10. The van der Waals surface area contributed by atoms with Crippen LogP contribution in [0.15, 0.2) is 23.6 Å². The summed E-state index contributed by atoms with van der Waals surface area (Å²) in [6.45, 7) is 0. The van der Waals surface area contributed by atoms with Crippen LogP contribution in [0, 0.1) is 0 Å². The molecule has 3 N–H and O–H groups in total. The highest BCUT2D eigenvalue weighted by Gasteiger charge is 2.26. The van der Waals surface area contributed by atoms with Crippen LogP contribution in [0.25, 0.3) is 0 Å². The fourth-order valence-electron chi connectivity index (χ4n) is 1.99. The van der Waals surface area contributed by atoms with Gasteiger partial charge in [-0.25, -0.2) is 4.98 Å². The van der Waals surface area contributed by atoms with Crippen molar-refractivity contribution in [2.45, 2.75) is 18.8 Å². The van der Waals surface area contributed by atoms with Crippen molar-refractivity contribution in [2.75, 3.05) is 12.4 Å². The molecule has 1 heterocycles. The molecule has 1 saturated carbocycles. The molecular weight excluding hydrogens is 290 g/mol. The Morgan fingerprint density at radius 3 is 2.95 bits per heavy atom. The van der Waals surface area contributed by atoms with Gasteiger partial charge in [-0.1, -0.05) is 12.2 Å². The first-order chi connectivity index (χ1) is 9.67. The second-order valence-corrected chi connectivity index (χ2v) is 6.05. The van der Waals surface area contributed by atoms with E-state index in [2.05, 4.69) is 15.7 Å². The lowest BCUT2D eigenvalue weighted by molar-refractivity contribution is 0.415. The number of hydrogen-bond acceptors (Lipinski definition) is 5. The number of rotatable bonds is 5. The Hall–Kier alpha value is -1.66. The molecule has 1 fully saturated rings. The van der Waals surface area contributed by atoms with Crippen LogP contribution >= 0.6 is 23.6 Å². The summed E-state index contributed by atoms with van der Waals surface area (Å²) in [7, 11) is 1.63. The van der Waals surface area contributed by atoms with Gasteiger partial charge >= 0.3 is 0 Å². The molecule has 0 unspecified atom stereocenters. The third-order valence-electron chi connectivity index (χ3n) is 3.25. The van der Waals surface area contributed by atoms with Gasteiger partial charge in [-0.05, 0) is 25.0 Å². The highest BCUT2D eigenvalue weighted by molar-refractivity contribution is 7.80. The van der Waals surface area contributed by atoms with Crippen LogP contribution in [0.4, 0.5) is 10.8 Å². The van der Waals surface area contributed by atoms with Crippen molar-refractivity contribution < 1.29 is 4.74 Å². The van der Waals surface area contributed by atoms with E-state index >= 15 is 0 Å². The third kappa shape index (κ3) is 2.76. The van der Waals surface area contributed by atoms with Crippen LogP contribution in [-0.4, -0.2) is 17.1 Å². The first-order valence-electron chi connectivity index (χ1n) is 6.37. The number of anilines is 2. The summed E-state index contributed by atoms with van der Waals surface area (Å²) in [5.41, 5.74) is 8.56. The molecule has 0 atom stereocenters. The lowest BCUT2D eigenvalue weighted by Crippen LogP contribution is -2.12. The van der Waals surface area contributed by atoms with Gasteiger partial charge in [-0.2, -0.15) is 0 Å². The summed E-state index contributed by atoms with van der Waals surface area (Å²) in [4.78, 5) is 4.96. The number of nitrogens with zero attached hydrogens (tertiary/aromatic N) is 1. The molecule has 1 aromatic heterocycles. The van der Waals surface area contributed by atoms with Crippen molar-refractivity contribution in [3.63, 3.8) is 0 Å². The Balaban J connectivity index is 1.88. The van der Waals surface area contributed by atoms with Crippen LogP contribution in [-0.2, 0) is 0 Å². The zero-order valence-electron chi connectivity index (χ0n) is 11.1. The molecule has 0 saturated heterocycles. The molecule has 104 valence electrons. The van der Waals surface area contributed by atoms with Crippen molar-refractivity contribution in [3.8, 4) is 5.75 Å². The van der Waals surface area contributed by atoms with Gasteiger partial charge in [0.2, 0.25) is 0 Å². The molecule has 6 heteroatoms. The molecular formula is C14H15N3OS2. The zero-order chi connectivity index (χ0) is 14.1. The average molecular weight is 305 g/mol. The van der Waals surface area contributed by atoms with Crippen LogP contribution in [0.5, 0.6) is 5.75 Å². The van der Waals surface area contributed by atoms with E-state index in [1.165, 1.54) is 18.5 Å². The van der Waals surface area contributed by atoms with E-state index < -0.39 is 0 Å². The second-order valence-electron chi connectivity index (χ2n) is 4.75. The Labute approximate surface area is 127 Å². The normalized spacial score (nSPS) is 14.1. The highest BCUT2D eigenvalue weighted by atomic mass is 32.1. The molecule has 4 nitrogen and oxygen atoms in total. The Morgan fingerprint density at radius 1 is 1.50 bits per heavy atom. The second kappa shape index (κ2) is 5.38. The van der Waals surface area contributed by atoms with Gasteiger partial charge in [0.15, 0.2) is 5.13 Å². The predicted molar refractivity (Wildman–Crippen MR) is 86.3 cm³/mol. The largest absolute Gasteiger partial charge is 0.497 e. The molecule has 20 heavy (non-hydrogen) atoms. The smallest absolute Gasteiger partial charge is 0.187 e. The molecule has 1 aliphatic rings. The number of benzene rings is 1. The maximum Gasteiger partial charge on any atom is 0.187 e. The lowest BCUT2D eigenvalue weighted by atomic mass is 10.1. The Kier molecular flexibility index (Phi) is 3.58. The first kappa shape index (κ1) is 13.3. The minimum atomic E-state index is 0.356. The molecule has 1 aromatic carbocycles. The van der Waals surface area contributed by atoms with E-state index in [0.29, 0.717) is 10.9 Å². The summed E-state index contributed by atoms with van der Waals surface area (Å²) >= 11 is 6.68. The van der Waals surface area contributed by atoms with Gasteiger partial charge in [0, 0.05) is 22.9 Å². The molecule has 0 bridgehead atoms. The number of thiazole rings is 1. The summed E-state index contributed by atoms with van der Waals surface area (Å²) in [6, 6.07) is 5.59. The van der Waals surface area contributed by atoms with E-state index in [-0.39, 0.29) is 0 Å². The molecule has 0 spiro atoms. The van der Waals surface area contributed by atoms with Gasteiger partial charge in [0.25, 0.3) is 0 Å². The third-order valence-corrected chi connectivity index (χ3v) is 4.25. The van der Waals surface area contributed by atoms with E-state index in [9.17, 15) is 0 Å². The molecule has 3 rings (SSSR count). The topological polar surface area (TPSA) is 60.2 Å². The molecule has 0 radical (unpaired) electrons. The van der Waals surface area contributed by atoms with E-state index in [4.69, 9.17) is 22.7 Å². The minimum absolute atomic E-state index is 0.356. The fourth-order valence-corrected chi connectivity index (χ4v) is 2.98. The van der Waals surface area contributed by atoms with Crippen LogP contribution in [0.3, 0.4) is 0 Å². The van der Waals surface area contributed by atoms with Gasteiger partial charge in [-0.15, -0.1) is 11.3 Å². The van der Waals surface area contributed by atoms with E-state index in [1.807, 2.05) is 18.2 Å². The number of ether oxygens (including phenoxy) is 1. The fraction of sp³-hybridized carbons (Fsp3) is 0.286. The number of hydrogen-bond donors (Lipinski definition) is 2. The Bertz CT molecular complexity index is 650. The summed E-state index contributed by atoms with van der Waals surface area (Å²) in [5, 5.41) is 6.26. The van der Waals surface area contributed by atoms with E-state index in [1.54, 1.807) is 18.4 Å². The SMILES string of the molecule is COc1ccc(C(N)=S)c(Nc2nc(C3CC3)cs2)c1. The van der Waals surface area contributed by atoms with E-state index in [0.717, 1.165) is 22.1 Å². The number of aromatic nitrogens is 1. The molecule has 0 amide bonds. The standard InChI is InChI=1S/C14H15N3OS2/c1-18-9-4-5-10(13(15)19)11(6-9)16-14-17-12(7-20-14)8-2-3-8/h4-8H,2-3H2,1H3,(H2,15,19)(H,16,17). The molecule has 2 aromatic rings. The first-order valence-corrected chi connectivity index (χ1v) is 7.66. The van der Waals surface area contributed by atoms with Gasteiger partial charge in [-0.3, -0.25) is 0 Å². The van der Waals surface area contributed by atoms with Crippen LogP contribution in [0.2, 0.25) is 0 Å². The average Bonchev–Trinajstić information content (AvgIpc) is 3.19. The van der Waals surface area contributed by atoms with Gasteiger partial charge in [0.1, 0.15) is 10.7 Å². The van der Waals surface area contributed by atoms with Crippen LogP contribution < -0.4 is 15.8 Å². The zero-order valence-corrected chi connectivity index (χ0v) is 12.7. The van der Waals surface area contributed by atoms with Crippen molar-refractivity contribution in [1.82, 2.24) is 4.98 Å². The molecule has 1 aliphatic carbocycles. The summed E-state index contributed by atoms with van der Waals surface area (Å²) < 4.78 is 5.24. The maximum atomic E-state index is 5.76. The summed E-state index contributed by atoms with van der Waals surface area (Å²) in [6.07, 6.45) is 2.50. The Morgan fingerprint density at radius 2 is 2.30 bits per heavy atom. The molecule has 0 aliphatic heterocycles. The van der Waals surface area contributed by atoms with Crippen molar-refractivity contribution in [3.05, 3.63) is 34.8 Å². The van der Waals surface area contributed by atoms with Crippen molar-refractivity contribution in [1.29, 1.82) is 0 Å². The number of methoxy groups -OCH3 is 1. The van der Waals surface area contributed by atoms with Crippen molar-refractivity contribution >= 4 is 39.4 Å². The summed E-state index contributed by atoms with van der Waals surface area (Å²) in [5.74, 6) is 1.41. The van der Waals surface area contributed by atoms with Gasteiger partial charge in [0.05, 0.1) is 18.5 Å². The van der Waals surface area contributed by atoms with Gasteiger partial charge < -0.3 is 15.8 Å².